The van der Waals surface area contributed by atoms with Gasteiger partial charge in [-0.1, -0.05) is 0 Å². The number of nitrogens with one attached hydrogen (secondary N) is 1. The summed E-state index contributed by atoms with van der Waals surface area (Å²) in [5.41, 5.74) is 0.839. The highest BCUT2D eigenvalue weighted by Gasteiger charge is 2.21. The number of benzene rings is 2. The van der Waals surface area contributed by atoms with Crippen molar-refractivity contribution in [3.63, 3.8) is 0 Å². The van der Waals surface area contributed by atoms with Crippen molar-refractivity contribution in [1.29, 1.82) is 0 Å². The zero-order valence-corrected chi connectivity index (χ0v) is 17.9. The smallest absolute Gasteiger partial charge is 0.241 e. The van der Waals surface area contributed by atoms with Gasteiger partial charge in [-0.2, -0.15) is 0 Å². The minimum absolute atomic E-state index is 0.0674. The number of hydrogen-bond acceptors (Lipinski definition) is 6. The van der Waals surface area contributed by atoms with Crippen LogP contribution in [0.3, 0.4) is 0 Å². The summed E-state index contributed by atoms with van der Waals surface area (Å²) >= 11 is 3.27. The van der Waals surface area contributed by atoms with Gasteiger partial charge in [0.2, 0.25) is 10.0 Å². The first kappa shape index (κ1) is 21.3. The van der Waals surface area contributed by atoms with Crippen molar-refractivity contribution >= 4 is 26.0 Å². The van der Waals surface area contributed by atoms with Crippen LogP contribution in [0.15, 0.2) is 39.7 Å². The number of hydrogen-bond donors (Lipinski definition) is 1. The second kappa shape index (κ2) is 9.29. The fraction of sp³-hybridized carbons (Fsp3) is 0.333. The lowest BCUT2D eigenvalue weighted by Crippen LogP contribution is -2.26. The summed E-state index contributed by atoms with van der Waals surface area (Å²) in [5.74, 6) is 2.11. The van der Waals surface area contributed by atoms with Crippen LogP contribution in [0.5, 0.6) is 23.0 Å². The van der Waals surface area contributed by atoms with Gasteiger partial charge in [0.05, 0.1) is 28.4 Å². The Kier molecular flexibility index (Phi) is 7.34. The van der Waals surface area contributed by atoms with E-state index < -0.39 is 10.0 Å². The predicted octanol–water partition coefficient (Wildman–Crippen LogP) is 3.00. The van der Waals surface area contributed by atoms with Crippen molar-refractivity contribution in [3.05, 3.63) is 40.4 Å². The third-order valence-electron chi connectivity index (χ3n) is 3.90. The van der Waals surface area contributed by atoms with E-state index in [0.717, 1.165) is 5.56 Å². The molecule has 0 atom stereocenters. The van der Waals surface area contributed by atoms with Gasteiger partial charge < -0.3 is 18.9 Å². The average molecular weight is 460 g/mol. The molecule has 0 unspecified atom stereocenters. The van der Waals surface area contributed by atoms with Crippen molar-refractivity contribution in [3.8, 4) is 23.0 Å². The lowest BCUT2D eigenvalue weighted by Gasteiger charge is -2.14. The maximum atomic E-state index is 12.7. The van der Waals surface area contributed by atoms with Gasteiger partial charge >= 0.3 is 0 Å². The third kappa shape index (κ3) is 5.06. The molecule has 0 saturated heterocycles. The fourth-order valence-electron chi connectivity index (χ4n) is 2.52. The Morgan fingerprint density at radius 3 is 2.11 bits per heavy atom. The molecule has 0 fully saturated rings. The van der Waals surface area contributed by atoms with Crippen LogP contribution in [0.4, 0.5) is 0 Å². The van der Waals surface area contributed by atoms with Crippen LogP contribution < -0.4 is 23.7 Å². The first-order chi connectivity index (χ1) is 12.9. The highest BCUT2D eigenvalue weighted by Crippen LogP contribution is 2.35. The summed E-state index contributed by atoms with van der Waals surface area (Å²) in [5, 5.41) is 0. The van der Waals surface area contributed by atoms with Crippen molar-refractivity contribution in [1.82, 2.24) is 4.72 Å². The first-order valence-electron chi connectivity index (χ1n) is 7.98. The molecular formula is C18H22BrNO6S. The highest BCUT2D eigenvalue weighted by molar-refractivity contribution is 9.10. The summed E-state index contributed by atoms with van der Waals surface area (Å²) in [6, 6.07) is 8.36. The summed E-state index contributed by atoms with van der Waals surface area (Å²) < 4.78 is 49.3. The predicted molar refractivity (Wildman–Crippen MR) is 106 cm³/mol. The monoisotopic (exact) mass is 459 g/mol. The molecule has 2 rings (SSSR count). The van der Waals surface area contributed by atoms with E-state index in [0.29, 0.717) is 33.9 Å². The molecule has 0 aliphatic carbocycles. The number of halogens is 1. The second-order valence-corrected chi connectivity index (χ2v) is 8.05. The molecule has 0 heterocycles. The lowest BCUT2D eigenvalue weighted by molar-refractivity contribution is 0.353. The summed E-state index contributed by atoms with van der Waals surface area (Å²) in [6.45, 7) is 0.187. The topological polar surface area (TPSA) is 83.1 Å². The number of methoxy groups -OCH3 is 4. The minimum Gasteiger partial charge on any atom is -0.497 e. The van der Waals surface area contributed by atoms with Gasteiger partial charge in [0.25, 0.3) is 0 Å². The SMILES string of the molecule is COc1ccc(OC)c(CCNS(=O)(=O)c2cc(OC)c(OC)cc2Br)c1. The van der Waals surface area contributed by atoms with E-state index in [1.807, 2.05) is 6.07 Å². The van der Waals surface area contributed by atoms with Gasteiger partial charge in [-0.05, 0) is 52.2 Å². The third-order valence-corrected chi connectivity index (χ3v) is 6.32. The molecule has 0 saturated carbocycles. The van der Waals surface area contributed by atoms with Crippen LogP contribution in [0.25, 0.3) is 0 Å². The first-order valence-corrected chi connectivity index (χ1v) is 10.3. The van der Waals surface area contributed by atoms with E-state index in [-0.39, 0.29) is 11.4 Å². The standard InChI is InChI=1S/C18H22BrNO6S/c1-23-13-5-6-15(24-2)12(9-13)7-8-20-27(21,22)18-11-17(26-4)16(25-3)10-14(18)19/h5-6,9-11,20H,7-8H2,1-4H3. The van der Waals surface area contributed by atoms with Crippen molar-refractivity contribution in [2.75, 3.05) is 35.0 Å². The van der Waals surface area contributed by atoms with Gasteiger partial charge in [0, 0.05) is 17.1 Å². The molecular weight excluding hydrogens is 438 g/mol. The molecule has 0 radical (unpaired) electrons. The number of sulfonamides is 1. The molecule has 0 spiro atoms. The highest BCUT2D eigenvalue weighted by atomic mass is 79.9. The van der Waals surface area contributed by atoms with Gasteiger partial charge in [0.15, 0.2) is 11.5 Å². The Labute approximate surface area is 167 Å². The fourth-order valence-corrected chi connectivity index (χ4v) is 4.58. The Bertz CT molecular complexity index is 901. The summed E-state index contributed by atoms with van der Waals surface area (Å²) in [6.07, 6.45) is 0.435. The number of ether oxygens (including phenoxy) is 4. The largest absolute Gasteiger partial charge is 0.497 e. The lowest BCUT2D eigenvalue weighted by atomic mass is 10.1. The molecule has 0 bridgehead atoms. The molecule has 1 N–H and O–H groups in total. The molecule has 0 aliphatic rings. The van der Waals surface area contributed by atoms with Gasteiger partial charge in [-0.15, -0.1) is 0 Å². The molecule has 2 aromatic rings. The summed E-state index contributed by atoms with van der Waals surface area (Å²) in [4.78, 5) is 0.0674. The Morgan fingerprint density at radius 1 is 0.889 bits per heavy atom. The van der Waals surface area contributed by atoms with Crippen LogP contribution >= 0.6 is 15.9 Å². The van der Waals surface area contributed by atoms with Gasteiger partial charge in [0.1, 0.15) is 16.4 Å². The number of rotatable bonds is 9. The average Bonchev–Trinajstić information content (AvgIpc) is 2.67. The van der Waals surface area contributed by atoms with Crippen molar-refractivity contribution < 1.29 is 27.4 Å². The second-order valence-electron chi connectivity index (χ2n) is 5.46. The van der Waals surface area contributed by atoms with Gasteiger partial charge in [-0.25, -0.2) is 13.1 Å². The van der Waals surface area contributed by atoms with Crippen LogP contribution in [0.2, 0.25) is 0 Å². The molecule has 0 amide bonds. The van der Waals surface area contributed by atoms with E-state index >= 15 is 0 Å². The molecule has 7 nitrogen and oxygen atoms in total. The Morgan fingerprint density at radius 2 is 1.52 bits per heavy atom. The van der Waals surface area contributed by atoms with E-state index in [9.17, 15) is 8.42 Å². The van der Waals surface area contributed by atoms with E-state index in [4.69, 9.17) is 18.9 Å². The van der Waals surface area contributed by atoms with Crippen molar-refractivity contribution in [2.24, 2.45) is 0 Å². The molecule has 0 aliphatic heterocycles. The molecule has 27 heavy (non-hydrogen) atoms. The normalized spacial score (nSPS) is 11.1. The van der Waals surface area contributed by atoms with Crippen LogP contribution in [0, 0.1) is 0 Å². The maximum Gasteiger partial charge on any atom is 0.241 e. The van der Waals surface area contributed by atoms with Crippen molar-refractivity contribution in [2.45, 2.75) is 11.3 Å². The van der Waals surface area contributed by atoms with Crippen LogP contribution in [-0.4, -0.2) is 43.4 Å². The zero-order chi connectivity index (χ0) is 20.0. The molecule has 9 heteroatoms. The van der Waals surface area contributed by atoms with E-state index in [1.165, 1.54) is 20.3 Å². The maximum absolute atomic E-state index is 12.7. The Hall–Kier alpha value is -1.97. The quantitative estimate of drug-likeness (QED) is 0.620. The molecule has 0 aromatic heterocycles. The van der Waals surface area contributed by atoms with E-state index in [2.05, 4.69) is 20.7 Å². The Balaban J connectivity index is 2.19. The molecule has 2 aromatic carbocycles. The van der Waals surface area contributed by atoms with Crippen LogP contribution in [0.1, 0.15) is 5.56 Å². The zero-order valence-electron chi connectivity index (χ0n) is 15.5. The van der Waals surface area contributed by atoms with Crippen LogP contribution in [-0.2, 0) is 16.4 Å². The minimum atomic E-state index is -3.76. The summed E-state index contributed by atoms with van der Waals surface area (Å²) in [7, 11) is 2.31. The van der Waals surface area contributed by atoms with E-state index in [1.54, 1.807) is 32.4 Å². The molecule has 148 valence electrons. The van der Waals surface area contributed by atoms with Gasteiger partial charge in [-0.3, -0.25) is 0 Å².